The van der Waals surface area contributed by atoms with E-state index in [2.05, 4.69) is 11.1 Å². The van der Waals surface area contributed by atoms with Crippen LogP contribution in [0.2, 0.25) is 0 Å². The molecule has 5 nitrogen and oxygen atoms in total. The molecule has 0 radical (unpaired) electrons. The lowest BCUT2D eigenvalue weighted by molar-refractivity contribution is -0.127. The number of hydrogen-bond acceptors (Lipinski definition) is 4. The number of carbonyl (C=O) groups is 1. The highest BCUT2D eigenvalue weighted by Crippen LogP contribution is 2.36. The summed E-state index contributed by atoms with van der Waals surface area (Å²) in [6, 6.07) is 3.80. The van der Waals surface area contributed by atoms with Crippen LogP contribution in [0.4, 0.5) is 0 Å². The number of rotatable bonds is 5. The van der Waals surface area contributed by atoms with E-state index in [-0.39, 0.29) is 12.0 Å². The van der Waals surface area contributed by atoms with E-state index in [4.69, 9.17) is 9.47 Å². The first kappa shape index (κ1) is 15.6. The van der Waals surface area contributed by atoms with Gasteiger partial charge in [0.1, 0.15) is 5.75 Å². The third kappa shape index (κ3) is 3.18. The van der Waals surface area contributed by atoms with Gasteiger partial charge in [0.05, 0.1) is 25.5 Å². The number of allylic oxidation sites excluding steroid dienone is 1. The highest BCUT2D eigenvalue weighted by Gasteiger charge is 2.45. The molecule has 3 heterocycles. The molecule has 1 aliphatic carbocycles. The highest BCUT2D eigenvalue weighted by atomic mass is 16.5. The molecule has 3 aliphatic rings. The lowest BCUT2D eigenvalue weighted by Gasteiger charge is -2.20. The van der Waals surface area contributed by atoms with Gasteiger partial charge in [-0.15, -0.1) is 0 Å². The zero-order valence-electron chi connectivity index (χ0n) is 13.9. The summed E-state index contributed by atoms with van der Waals surface area (Å²) >= 11 is 0. The molecule has 2 aliphatic heterocycles. The number of carbonyl (C=O) groups excluding carboxylic acids is 1. The molecule has 0 N–H and O–H groups in total. The van der Waals surface area contributed by atoms with Gasteiger partial charge in [-0.3, -0.25) is 9.78 Å². The minimum atomic E-state index is 0.208. The monoisotopic (exact) mass is 328 g/mol. The molecule has 0 unspecified atom stereocenters. The molecule has 0 spiro atoms. The van der Waals surface area contributed by atoms with Crippen molar-refractivity contribution in [2.24, 2.45) is 11.8 Å². The summed E-state index contributed by atoms with van der Waals surface area (Å²) in [4.78, 5) is 18.6. The number of hydrogen-bond donors (Lipinski definition) is 0. The van der Waals surface area contributed by atoms with E-state index in [1.54, 1.807) is 12.4 Å². The van der Waals surface area contributed by atoms with Crippen molar-refractivity contribution in [1.29, 1.82) is 0 Å². The number of nitrogens with zero attached hydrogens (tertiary/aromatic N) is 2. The summed E-state index contributed by atoms with van der Waals surface area (Å²) in [6.07, 6.45) is 9.86. The van der Waals surface area contributed by atoms with Gasteiger partial charge in [-0.05, 0) is 43.7 Å². The summed E-state index contributed by atoms with van der Waals surface area (Å²) in [7, 11) is 0. The topological polar surface area (TPSA) is 51.7 Å². The highest BCUT2D eigenvalue weighted by molar-refractivity contribution is 5.94. The number of ether oxygens (including phenoxy) is 2. The van der Waals surface area contributed by atoms with Gasteiger partial charge in [0.25, 0.3) is 0 Å². The average molecular weight is 328 g/mol. The van der Waals surface area contributed by atoms with Crippen molar-refractivity contribution in [3.63, 3.8) is 0 Å². The molecule has 3 atom stereocenters. The second kappa shape index (κ2) is 6.93. The molecule has 1 amide bonds. The number of likely N-dealkylation sites (tertiary alicyclic amines) is 1. The van der Waals surface area contributed by atoms with Gasteiger partial charge in [-0.2, -0.15) is 0 Å². The molecule has 1 aromatic heterocycles. The van der Waals surface area contributed by atoms with Gasteiger partial charge in [0.15, 0.2) is 0 Å². The van der Waals surface area contributed by atoms with Crippen LogP contribution in [0, 0.1) is 11.8 Å². The maximum Gasteiger partial charge on any atom is 0.249 e. The van der Waals surface area contributed by atoms with Crippen LogP contribution in [-0.2, 0) is 9.53 Å². The third-order valence-corrected chi connectivity index (χ3v) is 5.43. The van der Waals surface area contributed by atoms with E-state index >= 15 is 0 Å². The first-order valence-electron chi connectivity index (χ1n) is 8.94. The summed E-state index contributed by atoms with van der Waals surface area (Å²) in [5, 5.41) is 0. The molecule has 0 saturated carbocycles. The number of pyridine rings is 1. The number of aromatic nitrogens is 1. The zero-order valence-corrected chi connectivity index (χ0v) is 13.9. The Hall–Kier alpha value is -1.88. The summed E-state index contributed by atoms with van der Waals surface area (Å²) in [5.74, 6) is 1.97. The normalized spacial score (nSPS) is 28.8. The fourth-order valence-corrected chi connectivity index (χ4v) is 4.09. The molecule has 2 saturated heterocycles. The molecule has 5 heteroatoms. The van der Waals surface area contributed by atoms with Crippen LogP contribution in [-0.4, -0.2) is 48.2 Å². The Bertz CT molecular complexity index is 616. The van der Waals surface area contributed by atoms with Crippen LogP contribution in [0.25, 0.3) is 0 Å². The lowest BCUT2D eigenvalue weighted by atomic mass is 9.91. The van der Waals surface area contributed by atoms with Crippen molar-refractivity contribution >= 4 is 5.91 Å². The van der Waals surface area contributed by atoms with Crippen LogP contribution in [0.1, 0.15) is 25.7 Å². The third-order valence-electron chi connectivity index (χ3n) is 5.43. The fraction of sp³-hybridized carbons (Fsp3) is 0.579. The van der Waals surface area contributed by atoms with Crippen molar-refractivity contribution in [3.05, 3.63) is 36.2 Å². The van der Waals surface area contributed by atoms with E-state index in [1.165, 1.54) is 0 Å². The van der Waals surface area contributed by atoms with Crippen molar-refractivity contribution < 1.29 is 14.3 Å². The van der Waals surface area contributed by atoms with Crippen molar-refractivity contribution in [3.8, 4) is 5.75 Å². The quantitative estimate of drug-likeness (QED) is 0.833. The largest absolute Gasteiger partial charge is 0.492 e. The van der Waals surface area contributed by atoms with Crippen molar-refractivity contribution in [2.75, 3.05) is 26.3 Å². The zero-order chi connectivity index (χ0) is 16.4. The molecule has 4 rings (SSSR count). The SMILES string of the molecule is O=C(C1=CCCC1)N1C[C@H]2[C@@H](CCOc3cccnc3)CO[C@H]2C1. The van der Waals surface area contributed by atoms with E-state index in [0.29, 0.717) is 18.4 Å². The summed E-state index contributed by atoms with van der Waals surface area (Å²) < 4.78 is 11.7. The lowest BCUT2D eigenvalue weighted by Crippen LogP contribution is -2.32. The summed E-state index contributed by atoms with van der Waals surface area (Å²) in [6.45, 7) is 3.04. The van der Waals surface area contributed by atoms with Crippen molar-refractivity contribution in [2.45, 2.75) is 31.8 Å². The van der Waals surface area contributed by atoms with Gasteiger partial charge >= 0.3 is 0 Å². The molecule has 0 bridgehead atoms. The molecule has 1 aromatic rings. The standard InChI is InChI=1S/C19H24N2O3/c22-19(14-4-1-2-5-14)21-11-17-15(13-24-18(17)12-21)7-9-23-16-6-3-8-20-10-16/h3-4,6,8,10,15,17-18H,1-2,5,7,9,11-13H2/t15-,17-,18-/m0/s1. The summed E-state index contributed by atoms with van der Waals surface area (Å²) in [5.41, 5.74) is 1.01. The predicted molar refractivity (Wildman–Crippen MR) is 89.6 cm³/mol. The first-order chi connectivity index (χ1) is 11.8. The van der Waals surface area contributed by atoms with Gasteiger partial charge in [-0.1, -0.05) is 6.08 Å². The van der Waals surface area contributed by atoms with E-state index in [1.807, 2.05) is 17.0 Å². The van der Waals surface area contributed by atoms with Crippen LogP contribution < -0.4 is 4.74 Å². The Morgan fingerprint density at radius 1 is 1.42 bits per heavy atom. The van der Waals surface area contributed by atoms with E-state index < -0.39 is 0 Å². The maximum absolute atomic E-state index is 12.6. The fourth-order valence-electron chi connectivity index (χ4n) is 4.09. The molecule has 128 valence electrons. The van der Waals surface area contributed by atoms with Gasteiger partial charge < -0.3 is 14.4 Å². The van der Waals surface area contributed by atoms with Crippen LogP contribution in [0.5, 0.6) is 5.75 Å². The van der Waals surface area contributed by atoms with Gasteiger partial charge in [-0.25, -0.2) is 0 Å². The van der Waals surface area contributed by atoms with E-state index in [9.17, 15) is 4.79 Å². The molecule has 2 fully saturated rings. The molecular formula is C19H24N2O3. The van der Waals surface area contributed by atoms with Gasteiger partial charge in [0.2, 0.25) is 5.91 Å². The maximum atomic E-state index is 12.6. The average Bonchev–Trinajstić information content (AvgIpc) is 3.33. The molecule has 24 heavy (non-hydrogen) atoms. The minimum Gasteiger partial charge on any atom is -0.492 e. The smallest absolute Gasteiger partial charge is 0.249 e. The van der Waals surface area contributed by atoms with Crippen LogP contribution >= 0.6 is 0 Å². The Balaban J connectivity index is 1.29. The minimum absolute atomic E-state index is 0.208. The Labute approximate surface area is 142 Å². The first-order valence-corrected chi connectivity index (χ1v) is 8.94. The van der Waals surface area contributed by atoms with Crippen LogP contribution in [0.3, 0.4) is 0 Å². The number of amides is 1. The predicted octanol–water partition coefficient (Wildman–Crippen LogP) is 2.43. The second-order valence-corrected chi connectivity index (χ2v) is 6.95. The van der Waals surface area contributed by atoms with E-state index in [0.717, 1.165) is 56.7 Å². The van der Waals surface area contributed by atoms with Gasteiger partial charge in [0, 0.05) is 30.8 Å². The van der Waals surface area contributed by atoms with Crippen molar-refractivity contribution in [1.82, 2.24) is 9.88 Å². The molecule has 0 aromatic carbocycles. The second-order valence-electron chi connectivity index (χ2n) is 6.95. The Kier molecular flexibility index (Phi) is 4.52. The Morgan fingerprint density at radius 2 is 2.38 bits per heavy atom. The number of fused-ring (bicyclic) bond motifs is 1. The van der Waals surface area contributed by atoms with Crippen LogP contribution in [0.15, 0.2) is 36.2 Å². The molecular weight excluding hydrogens is 304 g/mol. The Morgan fingerprint density at radius 3 is 3.17 bits per heavy atom.